The molecule has 6 aromatic carbocycles. The predicted molar refractivity (Wildman–Crippen MR) is 417 cm³/mol. The van der Waals surface area contributed by atoms with Crippen LogP contribution in [0.1, 0.15) is 239 Å². The molecule has 0 aliphatic heterocycles. The van der Waals surface area contributed by atoms with Crippen LogP contribution in [0.2, 0.25) is 0 Å². The SMILES string of the molecule is [C-]#[N+]C([N+]#[C-])=C1/C(=C/c2cc3c(s2)-c2sc4c5c(sc4c2C3(c2ccc(CCCCCC)cc2)c2ccc(CCCCCC)cc2)-c2sc(/C=C3\C(=O)c4cc(F)c(F)cc4C3=C(C#N)C#N)cc2C5(c2ccc(CCCCCC)cc2)c2ccc(CCCCCC)cc2)C(=O)c2cc(F)c(F)cc21. The molecule has 520 valence electrons. The summed E-state index contributed by atoms with van der Waals surface area (Å²) >= 11 is 6.52. The molecule has 0 spiro atoms. The summed E-state index contributed by atoms with van der Waals surface area (Å²) in [6.45, 7) is 25.1. The summed E-state index contributed by atoms with van der Waals surface area (Å²) in [4.78, 5) is 42.0. The molecule has 0 radical (unpaired) electrons. The Bertz CT molecular complexity index is 4920. The monoisotopic (exact) mass is 1450 g/mol. The Hall–Kier alpha value is -9.64. The highest BCUT2D eigenvalue weighted by Gasteiger charge is 2.55. The van der Waals surface area contributed by atoms with Crippen LogP contribution in [0.4, 0.5) is 17.6 Å². The fourth-order valence-corrected chi connectivity index (χ4v) is 22.1. The van der Waals surface area contributed by atoms with Crippen LogP contribution in [-0.2, 0) is 36.5 Å². The zero-order valence-electron chi connectivity index (χ0n) is 58.7. The highest BCUT2D eigenvalue weighted by atomic mass is 32.1. The van der Waals surface area contributed by atoms with E-state index in [1.807, 2.05) is 12.1 Å². The number of unbranched alkanes of at least 4 members (excludes halogenated alkanes) is 12. The number of thiophene rings is 4. The van der Waals surface area contributed by atoms with Gasteiger partial charge in [-0.2, -0.15) is 20.2 Å². The first-order valence-electron chi connectivity index (χ1n) is 36.5. The van der Waals surface area contributed by atoms with Gasteiger partial charge in [0.15, 0.2) is 34.8 Å². The van der Waals surface area contributed by atoms with E-state index in [1.165, 1.54) is 44.9 Å². The highest BCUT2D eigenvalue weighted by Crippen LogP contribution is 2.70. The summed E-state index contributed by atoms with van der Waals surface area (Å²) in [5.41, 5.74) is 10.5. The smallest absolute Gasteiger partial charge is 0.289 e. The molecule has 0 unspecified atom stereocenters. The molecule has 0 N–H and O–H groups in total. The van der Waals surface area contributed by atoms with Gasteiger partial charge in [-0.25, -0.2) is 17.6 Å². The van der Waals surface area contributed by atoms with Crippen molar-refractivity contribution in [2.75, 3.05) is 0 Å². The molecule has 4 heterocycles. The Balaban J connectivity index is 1.07. The molecular weight excluding hydrogens is 1370 g/mol. The molecule has 4 aliphatic rings. The molecule has 104 heavy (non-hydrogen) atoms. The Morgan fingerprint density at radius 3 is 1.03 bits per heavy atom. The maximum atomic E-state index is 15.3. The van der Waals surface area contributed by atoms with Crippen LogP contribution in [0.3, 0.4) is 0 Å². The van der Waals surface area contributed by atoms with E-state index in [1.54, 1.807) is 34.8 Å². The van der Waals surface area contributed by atoms with E-state index in [2.05, 4.69) is 147 Å². The number of carbonyl (C=O) groups excluding carboxylic acids is 2. The van der Waals surface area contributed by atoms with Gasteiger partial charge in [0, 0.05) is 48.7 Å². The van der Waals surface area contributed by atoms with Crippen molar-refractivity contribution in [1.29, 1.82) is 10.5 Å². The van der Waals surface area contributed by atoms with Crippen LogP contribution < -0.4 is 0 Å². The van der Waals surface area contributed by atoms with Crippen molar-refractivity contribution in [1.82, 2.24) is 0 Å². The third-order valence-electron chi connectivity index (χ3n) is 21.5. The maximum absolute atomic E-state index is 15.3. The van der Waals surface area contributed by atoms with E-state index >= 15 is 17.6 Å². The summed E-state index contributed by atoms with van der Waals surface area (Å²) in [6, 6.07) is 48.2. The van der Waals surface area contributed by atoms with E-state index in [0.717, 1.165) is 226 Å². The Labute approximate surface area is 622 Å². The lowest BCUT2D eigenvalue weighted by atomic mass is 9.67. The number of Topliss-reactive ketones (excluding diaryl/α,β-unsaturated/α-hetero) is 2. The van der Waals surface area contributed by atoms with Crippen molar-refractivity contribution in [3.63, 3.8) is 0 Å². The minimum absolute atomic E-state index is 0.00123. The molecule has 0 saturated heterocycles. The zero-order valence-corrected chi connectivity index (χ0v) is 62.0. The van der Waals surface area contributed by atoms with E-state index in [-0.39, 0.29) is 44.5 Å². The van der Waals surface area contributed by atoms with Gasteiger partial charge >= 0.3 is 5.82 Å². The highest BCUT2D eigenvalue weighted by molar-refractivity contribution is 7.34. The van der Waals surface area contributed by atoms with Crippen LogP contribution in [0, 0.1) is 59.1 Å². The van der Waals surface area contributed by atoms with E-state index in [4.69, 9.17) is 13.1 Å². The molecule has 0 saturated carbocycles. The van der Waals surface area contributed by atoms with Gasteiger partial charge in [0.05, 0.1) is 45.3 Å². The molecule has 0 bridgehead atoms. The van der Waals surface area contributed by atoms with Crippen LogP contribution >= 0.6 is 45.3 Å². The van der Waals surface area contributed by atoms with Crippen molar-refractivity contribution >= 4 is 89.6 Å². The predicted octanol–water partition coefficient (Wildman–Crippen LogP) is 25.7. The topological polar surface area (TPSA) is 90.4 Å². The normalized spacial score (nSPS) is 14.9. The fraction of sp³-hybridized carbons (Fsp3) is 0.289. The van der Waals surface area contributed by atoms with Crippen molar-refractivity contribution in [2.45, 2.75) is 167 Å². The van der Waals surface area contributed by atoms with Crippen molar-refractivity contribution in [3.8, 4) is 31.6 Å². The number of carbonyl (C=O) groups is 2. The van der Waals surface area contributed by atoms with Crippen LogP contribution in [0.5, 0.6) is 0 Å². The van der Waals surface area contributed by atoms with E-state index in [9.17, 15) is 20.1 Å². The molecule has 0 fully saturated rings. The lowest BCUT2D eigenvalue weighted by molar-refractivity contribution is 0.103. The second-order valence-corrected chi connectivity index (χ2v) is 32.1. The third-order valence-corrected chi connectivity index (χ3v) is 26.5. The largest absolute Gasteiger partial charge is 0.528 e. The lowest BCUT2D eigenvalue weighted by Crippen LogP contribution is -2.29. The second kappa shape index (κ2) is 30.2. The molecule has 4 aliphatic carbocycles. The Morgan fingerprint density at radius 1 is 0.413 bits per heavy atom. The number of nitrogens with zero attached hydrogens (tertiary/aromatic N) is 4. The molecule has 6 nitrogen and oxygen atoms in total. The second-order valence-electron chi connectivity index (χ2n) is 27.9. The van der Waals surface area contributed by atoms with Gasteiger partial charge in [-0.1, -0.05) is 202 Å². The lowest BCUT2D eigenvalue weighted by Gasteiger charge is -2.34. The maximum Gasteiger partial charge on any atom is 0.528 e. The number of hydrogen-bond donors (Lipinski definition) is 0. The Kier molecular flexibility index (Phi) is 20.7. The number of nitriles is 2. The number of fused-ring (bicyclic) bond motifs is 11. The van der Waals surface area contributed by atoms with Gasteiger partial charge in [0.25, 0.3) is 0 Å². The first kappa shape index (κ1) is 71.4. The van der Waals surface area contributed by atoms with E-state index in [0.29, 0.717) is 9.75 Å². The molecule has 0 atom stereocenters. The summed E-state index contributed by atoms with van der Waals surface area (Å²) < 4.78 is 63.1. The number of hydrogen-bond acceptors (Lipinski definition) is 8. The first-order valence-corrected chi connectivity index (χ1v) is 39.8. The summed E-state index contributed by atoms with van der Waals surface area (Å²) in [6.07, 6.45) is 24.9. The van der Waals surface area contributed by atoms with Crippen LogP contribution in [-0.4, -0.2) is 11.6 Å². The number of benzene rings is 6. The van der Waals surface area contributed by atoms with Crippen LogP contribution in [0.25, 0.3) is 61.9 Å². The van der Waals surface area contributed by atoms with Crippen molar-refractivity contribution < 1.29 is 27.2 Å². The first-order chi connectivity index (χ1) is 50.7. The molecule has 4 aromatic heterocycles. The summed E-state index contributed by atoms with van der Waals surface area (Å²) in [7, 11) is 0. The molecular formula is C90H76F4N4O2S4. The van der Waals surface area contributed by atoms with Gasteiger partial charge in [-0.05, 0) is 167 Å². The average Bonchev–Trinajstić information content (AvgIpc) is 1.49. The van der Waals surface area contributed by atoms with Crippen molar-refractivity contribution in [3.05, 3.63) is 301 Å². The summed E-state index contributed by atoms with van der Waals surface area (Å²) in [5.74, 6) is -6.46. The number of allylic oxidation sites excluding steroid dienone is 5. The van der Waals surface area contributed by atoms with Gasteiger partial charge in [0.1, 0.15) is 30.9 Å². The van der Waals surface area contributed by atoms with E-state index < -0.39 is 57.1 Å². The fourth-order valence-electron chi connectivity index (χ4n) is 16.3. The van der Waals surface area contributed by atoms with Gasteiger partial charge < -0.3 is 0 Å². The minimum Gasteiger partial charge on any atom is -0.289 e. The average molecular weight is 1450 g/mol. The zero-order chi connectivity index (χ0) is 72.6. The minimum atomic E-state index is -1.21. The molecule has 10 aromatic rings. The molecule has 14 heteroatoms. The van der Waals surface area contributed by atoms with Gasteiger partial charge in [-0.15, -0.1) is 45.3 Å². The van der Waals surface area contributed by atoms with Gasteiger partial charge in [-0.3, -0.25) is 9.59 Å². The standard InChI is InChI=1S/C90H76F4N4O2S4/c1-7-11-15-19-23-53-27-35-58(36-28-53)89(59-37-29-54(30-38-59)24-20-16-12-8-2)70-45-62(43-68-76(57(51-95)52-96)64-47-72(91)74(93)49-66(64)80(68)99)101-82(70)84-78(89)86-87(103-84)79-85(104-86)83-71(46-63(102-83)44-69-77(88(97-5)98-6)65-48-73(92)75(94)50-67(65)81(69)100)90(79,60-39-31-55(32-40-60)25-21-17-13-9-3)61-41-33-56(34-42-61)26-22-18-14-10-4/h27-50H,7-26H2,1-4H3/b68-43-,69-44-. The number of ketones is 2. The number of halogens is 4. The summed E-state index contributed by atoms with van der Waals surface area (Å²) in [5, 5.41) is 20.9. The number of rotatable bonds is 26. The van der Waals surface area contributed by atoms with Gasteiger partial charge in [0.2, 0.25) is 0 Å². The molecule has 0 amide bonds. The Morgan fingerprint density at radius 2 is 0.721 bits per heavy atom. The van der Waals surface area contributed by atoms with Crippen molar-refractivity contribution in [2.24, 2.45) is 0 Å². The number of aryl methyl sites for hydroxylation is 4. The quantitative estimate of drug-likeness (QED) is 0.0178. The molecule has 14 rings (SSSR count). The third kappa shape index (κ3) is 12.3. The van der Waals surface area contributed by atoms with Crippen LogP contribution in [0.15, 0.2) is 156 Å².